The van der Waals surface area contributed by atoms with E-state index >= 15 is 0 Å². The Labute approximate surface area is 123 Å². The predicted molar refractivity (Wildman–Crippen MR) is 82.1 cm³/mol. The second kappa shape index (κ2) is 4.50. The largest absolute Gasteiger partial charge is 0.235 e. The molecule has 4 nitrogen and oxygen atoms in total. The normalized spacial score (nSPS) is 11.2. The van der Waals surface area contributed by atoms with E-state index in [4.69, 9.17) is 0 Å². The van der Waals surface area contributed by atoms with Gasteiger partial charge < -0.3 is 0 Å². The van der Waals surface area contributed by atoms with Crippen LogP contribution in [0.1, 0.15) is 5.56 Å². The average molecular weight is 298 g/mol. The van der Waals surface area contributed by atoms with Crippen LogP contribution in [-0.2, 0) is 0 Å². The average Bonchev–Trinajstić information content (AvgIpc) is 3.15. The standard InChI is InChI=1S/C14H10N4S2/c1-9-4-6-10(7-5-9)12-15-16-14-18(12)17-13(20-14)11-3-2-8-19-11/h2-8H,1H3. The third-order valence-corrected chi connectivity index (χ3v) is 4.97. The van der Waals surface area contributed by atoms with E-state index < -0.39 is 0 Å². The van der Waals surface area contributed by atoms with Crippen molar-refractivity contribution in [2.75, 3.05) is 0 Å². The van der Waals surface area contributed by atoms with Gasteiger partial charge in [0.2, 0.25) is 4.96 Å². The van der Waals surface area contributed by atoms with Crippen molar-refractivity contribution < 1.29 is 0 Å². The highest BCUT2D eigenvalue weighted by atomic mass is 32.1. The zero-order valence-electron chi connectivity index (χ0n) is 10.6. The molecule has 3 heterocycles. The molecule has 4 rings (SSSR count). The maximum Gasteiger partial charge on any atom is 0.235 e. The zero-order valence-corrected chi connectivity index (χ0v) is 12.3. The molecule has 4 aromatic rings. The summed E-state index contributed by atoms with van der Waals surface area (Å²) in [6.07, 6.45) is 0. The summed E-state index contributed by atoms with van der Waals surface area (Å²) in [6, 6.07) is 12.4. The minimum Gasteiger partial charge on any atom is -0.182 e. The first-order chi connectivity index (χ1) is 9.81. The quantitative estimate of drug-likeness (QED) is 0.564. The van der Waals surface area contributed by atoms with Crippen molar-refractivity contribution in [1.82, 2.24) is 19.8 Å². The fraction of sp³-hybridized carbons (Fsp3) is 0.0714. The predicted octanol–water partition coefficient (Wildman–Crippen LogP) is 3.89. The molecule has 0 aliphatic heterocycles. The Morgan fingerprint density at radius 3 is 2.65 bits per heavy atom. The number of thiophene rings is 1. The molecule has 0 saturated heterocycles. The van der Waals surface area contributed by atoms with Crippen molar-refractivity contribution in [3.05, 3.63) is 47.3 Å². The zero-order chi connectivity index (χ0) is 13.5. The third-order valence-electron chi connectivity index (χ3n) is 3.03. The van der Waals surface area contributed by atoms with Crippen LogP contribution in [0.5, 0.6) is 0 Å². The molecule has 3 aromatic heterocycles. The van der Waals surface area contributed by atoms with Crippen molar-refractivity contribution in [3.8, 4) is 21.3 Å². The van der Waals surface area contributed by atoms with Crippen LogP contribution in [0.3, 0.4) is 0 Å². The SMILES string of the molecule is Cc1ccc(-c2nnc3sc(-c4cccs4)nn23)cc1. The van der Waals surface area contributed by atoms with E-state index in [9.17, 15) is 0 Å². The van der Waals surface area contributed by atoms with Gasteiger partial charge in [0, 0.05) is 5.56 Å². The topological polar surface area (TPSA) is 43.1 Å². The van der Waals surface area contributed by atoms with Gasteiger partial charge in [-0.05, 0) is 18.4 Å². The molecule has 98 valence electrons. The molecule has 0 aliphatic carbocycles. The van der Waals surface area contributed by atoms with Gasteiger partial charge in [-0.2, -0.15) is 9.61 Å². The van der Waals surface area contributed by atoms with Crippen LogP contribution in [0, 0.1) is 6.92 Å². The molecular weight excluding hydrogens is 288 g/mol. The van der Waals surface area contributed by atoms with Crippen LogP contribution in [0.4, 0.5) is 0 Å². The van der Waals surface area contributed by atoms with Crippen molar-refractivity contribution >= 4 is 27.6 Å². The molecule has 0 spiro atoms. The van der Waals surface area contributed by atoms with E-state index in [2.05, 4.69) is 57.9 Å². The minimum atomic E-state index is 0.791. The Morgan fingerprint density at radius 1 is 1.05 bits per heavy atom. The lowest BCUT2D eigenvalue weighted by atomic mass is 10.1. The maximum absolute atomic E-state index is 4.63. The van der Waals surface area contributed by atoms with E-state index in [1.165, 1.54) is 5.56 Å². The molecule has 6 heteroatoms. The monoisotopic (exact) mass is 298 g/mol. The number of benzene rings is 1. The number of nitrogens with zero attached hydrogens (tertiary/aromatic N) is 4. The Kier molecular flexibility index (Phi) is 2.64. The molecule has 0 radical (unpaired) electrons. The highest BCUT2D eigenvalue weighted by Crippen LogP contribution is 2.30. The van der Waals surface area contributed by atoms with E-state index in [0.717, 1.165) is 26.2 Å². The van der Waals surface area contributed by atoms with Crippen LogP contribution < -0.4 is 0 Å². The number of fused-ring (bicyclic) bond motifs is 1. The van der Waals surface area contributed by atoms with Crippen molar-refractivity contribution in [3.63, 3.8) is 0 Å². The summed E-state index contributed by atoms with van der Waals surface area (Å²) in [5.41, 5.74) is 2.26. The molecule has 0 atom stereocenters. The van der Waals surface area contributed by atoms with Crippen LogP contribution >= 0.6 is 22.7 Å². The molecule has 20 heavy (non-hydrogen) atoms. The molecule has 0 saturated carbocycles. The molecule has 0 aliphatic rings. The van der Waals surface area contributed by atoms with Crippen LogP contribution in [0.25, 0.3) is 26.2 Å². The summed E-state index contributed by atoms with van der Waals surface area (Å²) in [7, 11) is 0. The van der Waals surface area contributed by atoms with E-state index in [1.807, 2.05) is 10.6 Å². The molecule has 1 aromatic carbocycles. The van der Waals surface area contributed by atoms with E-state index in [1.54, 1.807) is 22.7 Å². The molecule has 0 amide bonds. The second-order valence-corrected chi connectivity index (χ2v) is 6.37. The molecule has 0 unspecified atom stereocenters. The Morgan fingerprint density at radius 2 is 1.90 bits per heavy atom. The summed E-state index contributed by atoms with van der Waals surface area (Å²) in [5.74, 6) is 0.791. The van der Waals surface area contributed by atoms with Gasteiger partial charge in [-0.3, -0.25) is 0 Å². The Bertz CT molecular complexity index is 857. The molecular formula is C14H10N4S2. The Balaban J connectivity index is 1.86. The number of rotatable bonds is 2. The highest BCUT2D eigenvalue weighted by molar-refractivity contribution is 7.23. The number of hydrogen-bond donors (Lipinski definition) is 0. The van der Waals surface area contributed by atoms with Gasteiger partial charge in [0.1, 0.15) is 0 Å². The molecule has 0 N–H and O–H groups in total. The lowest BCUT2D eigenvalue weighted by molar-refractivity contribution is 0.972. The number of aryl methyl sites for hydroxylation is 1. The fourth-order valence-corrected chi connectivity index (χ4v) is 3.63. The van der Waals surface area contributed by atoms with Crippen LogP contribution in [0.2, 0.25) is 0 Å². The summed E-state index contributed by atoms with van der Waals surface area (Å²) >= 11 is 3.25. The summed E-state index contributed by atoms with van der Waals surface area (Å²) in [6.45, 7) is 2.07. The molecule has 0 fully saturated rings. The smallest absolute Gasteiger partial charge is 0.182 e. The first-order valence-electron chi connectivity index (χ1n) is 6.14. The first kappa shape index (κ1) is 11.7. The minimum absolute atomic E-state index is 0.791. The lowest BCUT2D eigenvalue weighted by Gasteiger charge is -1.97. The highest BCUT2D eigenvalue weighted by Gasteiger charge is 2.14. The van der Waals surface area contributed by atoms with Crippen molar-refractivity contribution in [2.45, 2.75) is 6.92 Å². The van der Waals surface area contributed by atoms with Gasteiger partial charge >= 0.3 is 0 Å². The fourth-order valence-electron chi connectivity index (χ4n) is 2.00. The van der Waals surface area contributed by atoms with Gasteiger partial charge in [-0.15, -0.1) is 21.5 Å². The number of hydrogen-bond acceptors (Lipinski definition) is 5. The number of aromatic nitrogens is 4. The molecule has 0 bridgehead atoms. The third kappa shape index (κ3) is 1.85. The maximum atomic E-state index is 4.63. The summed E-state index contributed by atoms with van der Waals surface area (Å²) in [5, 5.41) is 16.1. The van der Waals surface area contributed by atoms with Gasteiger partial charge in [0.05, 0.1) is 4.88 Å². The van der Waals surface area contributed by atoms with Crippen molar-refractivity contribution in [2.24, 2.45) is 0 Å². The van der Waals surface area contributed by atoms with Crippen LogP contribution in [-0.4, -0.2) is 19.8 Å². The lowest BCUT2D eigenvalue weighted by Crippen LogP contribution is -1.90. The van der Waals surface area contributed by atoms with E-state index in [-0.39, 0.29) is 0 Å². The van der Waals surface area contributed by atoms with Crippen LogP contribution in [0.15, 0.2) is 41.8 Å². The van der Waals surface area contributed by atoms with Gasteiger partial charge in [-0.25, -0.2) is 0 Å². The first-order valence-corrected chi connectivity index (χ1v) is 7.84. The van der Waals surface area contributed by atoms with Gasteiger partial charge in [0.15, 0.2) is 10.8 Å². The van der Waals surface area contributed by atoms with Crippen molar-refractivity contribution in [1.29, 1.82) is 0 Å². The van der Waals surface area contributed by atoms with Gasteiger partial charge in [-0.1, -0.05) is 47.2 Å². The van der Waals surface area contributed by atoms with Gasteiger partial charge in [0.25, 0.3) is 0 Å². The van der Waals surface area contributed by atoms with E-state index in [0.29, 0.717) is 0 Å². The second-order valence-electron chi connectivity index (χ2n) is 4.47. The summed E-state index contributed by atoms with van der Waals surface area (Å²) < 4.78 is 1.82. The summed E-state index contributed by atoms with van der Waals surface area (Å²) in [4.78, 5) is 1.99. The Hall–Kier alpha value is -2.05.